The molecule has 1 saturated carbocycles. The summed E-state index contributed by atoms with van der Waals surface area (Å²) in [4.78, 5) is 12.8. The van der Waals surface area contributed by atoms with E-state index < -0.39 is 0 Å². The Morgan fingerprint density at radius 1 is 1.47 bits per heavy atom. The molecule has 19 heavy (non-hydrogen) atoms. The zero-order chi connectivity index (χ0) is 13.4. The lowest BCUT2D eigenvalue weighted by atomic mass is 9.85. The summed E-state index contributed by atoms with van der Waals surface area (Å²) < 4.78 is 2.03. The van der Waals surface area contributed by atoms with Gasteiger partial charge in [0.05, 0.1) is 5.69 Å². The Kier molecular flexibility index (Phi) is 3.50. The average molecular weight is 339 g/mol. The van der Waals surface area contributed by atoms with Crippen LogP contribution < -0.4 is 11.1 Å². The first-order chi connectivity index (χ1) is 9.15. The van der Waals surface area contributed by atoms with Gasteiger partial charge in [-0.1, -0.05) is 22.4 Å². The molecule has 5 heteroatoms. The van der Waals surface area contributed by atoms with Crippen molar-refractivity contribution in [3.63, 3.8) is 0 Å². The molecule has 0 saturated heterocycles. The maximum Gasteiger partial charge on any atom is 0.263 e. The van der Waals surface area contributed by atoms with Crippen LogP contribution in [-0.4, -0.2) is 12.5 Å². The van der Waals surface area contributed by atoms with Crippen molar-refractivity contribution in [3.8, 4) is 0 Å². The number of halogens is 1. The second-order valence-electron chi connectivity index (χ2n) is 4.99. The highest BCUT2D eigenvalue weighted by atomic mass is 79.9. The summed E-state index contributed by atoms with van der Waals surface area (Å²) in [6.45, 7) is 0.774. The molecule has 100 valence electrons. The number of anilines is 1. The van der Waals surface area contributed by atoms with E-state index in [4.69, 9.17) is 5.73 Å². The van der Waals surface area contributed by atoms with Gasteiger partial charge in [-0.05, 0) is 37.0 Å². The van der Waals surface area contributed by atoms with Crippen LogP contribution >= 0.6 is 27.3 Å². The highest BCUT2D eigenvalue weighted by Crippen LogP contribution is 2.35. The molecule has 1 amide bonds. The predicted octanol–water partition coefficient (Wildman–Crippen LogP) is 3.78. The number of benzene rings is 1. The maximum absolute atomic E-state index is 12.2. The Morgan fingerprint density at radius 3 is 2.95 bits per heavy atom. The number of thiophene rings is 1. The molecule has 0 unspecified atom stereocenters. The lowest BCUT2D eigenvalue weighted by Crippen LogP contribution is -2.32. The zero-order valence-electron chi connectivity index (χ0n) is 10.4. The standard InChI is InChI=1S/C14H15BrN2OS/c15-9-4-5-11-10(6-9)12(16)13(19-11)14(18)17-7-8-2-1-3-8/h4-6,8H,1-3,7,16H2,(H,17,18). The summed E-state index contributed by atoms with van der Waals surface area (Å²) >= 11 is 4.89. The van der Waals surface area contributed by atoms with Crippen LogP contribution in [0, 0.1) is 5.92 Å². The van der Waals surface area contributed by atoms with Gasteiger partial charge in [-0.25, -0.2) is 0 Å². The van der Waals surface area contributed by atoms with Crippen molar-refractivity contribution < 1.29 is 4.79 Å². The fourth-order valence-electron chi connectivity index (χ4n) is 2.27. The Balaban J connectivity index is 1.83. The molecule has 0 atom stereocenters. The van der Waals surface area contributed by atoms with Gasteiger partial charge in [0.2, 0.25) is 0 Å². The van der Waals surface area contributed by atoms with Gasteiger partial charge in [0.1, 0.15) is 4.88 Å². The van der Waals surface area contributed by atoms with E-state index in [0.29, 0.717) is 16.5 Å². The monoisotopic (exact) mass is 338 g/mol. The van der Waals surface area contributed by atoms with Crippen molar-refractivity contribution in [2.24, 2.45) is 5.92 Å². The van der Waals surface area contributed by atoms with Crippen molar-refractivity contribution in [3.05, 3.63) is 27.5 Å². The van der Waals surface area contributed by atoms with Crippen molar-refractivity contribution >= 4 is 48.9 Å². The van der Waals surface area contributed by atoms with Crippen molar-refractivity contribution in [1.29, 1.82) is 0 Å². The first-order valence-electron chi connectivity index (χ1n) is 6.41. The van der Waals surface area contributed by atoms with Gasteiger partial charge in [0, 0.05) is 21.1 Å². The van der Waals surface area contributed by atoms with Gasteiger partial charge in [0.25, 0.3) is 5.91 Å². The SMILES string of the molecule is Nc1c(C(=O)NCC2CCC2)sc2ccc(Br)cc12. The van der Waals surface area contributed by atoms with Crippen LogP contribution in [-0.2, 0) is 0 Å². The lowest BCUT2D eigenvalue weighted by molar-refractivity contribution is 0.0944. The second-order valence-corrected chi connectivity index (χ2v) is 6.96. The number of hydrogen-bond donors (Lipinski definition) is 2. The van der Waals surface area contributed by atoms with Crippen LogP contribution in [0.15, 0.2) is 22.7 Å². The third-order valence-corrected chi connectivity index (χ3v) is 5.35. The topological polar surface area (TPSA) is 55.1 Å². The van der Waals surface area contributed by atoms with E-state index >= 15 is 0 Å². The minimum atomic E-state index is -0.0401. The van der Waals surface area contributed by atoms with Crippen LogP contribution in [0.25, 0.3) is 10.1 Å². The van der Waals surface area contributed by atoms with E-state index in [-0.39, 0.29) is 5.91 Å². The maximum atomic E-state index is 12.2. The van der Waals surface area contributed by atoms with Gasteiger partial charge in [-0.15, -0.1) is 11.3 Å². The highest BCUT2D eigenvalue weighted by molar-refractivity contribution is 9.10. The van der Waals surface area contributed by atoms with Gasteiger partial charge < -0.3 is 11.1 Å². The van der Waals surface area contributed by atoms with Crippen molar-refractivity contribution in [2.75, 3.05) is 12.3 Å². The molecular weight excluding hydrogens is 324 g/mol. The number of nitrogens with one attached hydrogen (secondary N) is 1. The molecule has 2 aromatic rings. The van der Waals surface area contributed by atoms with Crippen LogP contribution in [0.2, 0.25) is 0 Å². The van der Waals surface area contributed by atoms with Crippen molar-refractivity contribution in [2.45, 2.75) is 19.3 Å². The zero-order valence-corrected chi connectivity index (χ0v) is 12.8. The molecule has 1 aromatic heterocycles. The Morgan fingerprint density at radius 2 is 2.26 bits per heavy atom. The number of carbonyl (C=O) groups excluding carboxylic acids is 1. The van der Waals surface area contributed by atoms with E-state index in [1.807, 2.05) is 18.2 Å². The lowest BCUT2D eigenvalue weighted by Gasteiger charge is -2.25. The quantitative estimate of drug-likeness (QED) is 0.894. The van der Waals surface area contributed by atoms with Gasteiger partial charge in [-0.3, -0.25) is 4.79 Å². The molecule has 3 rings (SSSR count). The summed E-state index contributed by atoms with van der Waals surface area (Å²) in [7, 11) is 0. The van der Waals surface area contributed by atoms with Gasteiger partial charge in [0.15, 0.2) is 0 Å². The fraction of sp³-hybridized carbons (Fsp3) is 0.357. The molecule has 1 aliphatic rings. The summed E-state index contributed by atoms with van der Waals surface area (Å²) in [6.07, 6.45) is 3.75. The third kappa shape index (κ3) is 2.49. The number of carbonyl (C=O) groups is 1. The van der Waals surface area contributed by atoms with E-state index in [0.717, 1.165) is 21.1 Å². The van der Waals surface area contributed by atoms with Gasteiger partial charge >= 0.3 is 0 Å². The molecule has 0 radical (unpaired) electrons. The molecule has 0 spiro atoms. The minimum absolute atomic E-state index is 0.0401. The molecular formula is C14H15BrN2OS. The molecule has 3 N–H and O–H groups in total. The first kappa shape index (κ1) is 12.9. The van der Waals surface area contributed by atoms with E-state index in [1.165, 1.54) is 30.6 Å². The largest absolute Gasteiger partial charge is 0.397 e. The molecule has 1 aromatic carbocycles. The normalized spacial score (nSPS) is 15.4. The highest BCUT2D eigenvalue weighted by Gasteiger charge is 2.20. The second kappa shape index (κ2) is 5.13. The van der Waals surface area contributed by atoms with E-state index in [2.05, 4.69) is 21.2 Å². The van der Waals surface area contributed by atoms with E-state index in [1.54, 1.807) is 0 Å². The Labute approximate surface area is 124 Å². The molecule has 1 heterocycles. The summed E-state index contributed by atoms with van der Waals surface area (Å²) in [5.74, 6) is 0.621. The minimum Gasteiger partial charge on any atom is -0.397 e. The molecule has 3 nitrogen and oxygen atoms in total. The first-order valence-corrected chi connectivity index (χ1v) is 8.02. The molecule has 0 aliphatic heterocycles. The molecule has 1 fully saturated rings. The number of amides is 1. The van der Waals surface area contributed by atoms with Crippen molar-refractivity contribution in [1.82, 2.24) is 5.32 Å². The number of hydrogen-bond acceptors (Lipinski definition) is 3. The summed E-state index contributed by atoms with van der Waals surface area (Å²) in [6, 6.07) is 5.92. The summed E-state index contributed by atoms with van der Waals surface area (Å²) in [5, 5.41) is 3.95. The van der Waals surface area contributed by atoms with E-state index in [9.17, 15) is 4.79 Å². The fourth-order valence-corrected chi connectivity index (χ4v) is 3.65. The Bertz CT molecular complexity index is 634. The van der Waals surface area contributed by atoms with Crippen LogP contribution in [0.3, 0.4) is 0 Å². The smallest absolute Gasteiger partial charge is 0.263 e. The number of nitrogen functional groups attached to an aromatic ring is 1. The van der Waals surface area contributed by atoms with Crippen LogP contribution in [0.5, 0.6) is 0 Å². The molecule has 0 bridgehead atoms. The third-order valence-electron chi connectivity index (χ3n) is 3.67. The number of nitrogens with two attached hydrogens (primary N) is 1. The van der Waals surface area contributed by atoms with Crippen LogP contribution in [0.1, 0.15) is 28.9 Å². The average Bonchev–Trinajstić information content (AvgIpc) is 2.65. The summed E-state index contributed by atoms with van der Waals surface area (Å²) in [5.41, 5.74) is 6.68. The number of rotatable bonds is 3. The number of fused-ring (bicyclic) bond motifs is 1. The molecule has 1 aliphatic carbocycles. The van der Waals surface area contributed by atoms with Gasteiger partial charge in [-0.2, -0.15) is 0 Å². The predicted molar refractivity (Wildman–Crippen MR) is 83.6 cm³/mol. The van der Waals surface area contributed by atoms with Crippen LogP contribution in [0.4, 0.5) is 5.69 Å². The Hall–Kier alpha value is -1.07.